The van der Waals surface area contributed by atoms with Crippen LogP contribution in [-0.4, -0.2) is 39.0 Å². The van der Waals surface area contributed by atoms with E-state index in [-0.39, 0.29) is 12.6 Å². The van der Waals surface area contributed by atoms with Crippen LogP contribution in [0.5, 0.6) is 0 Å². The van der Waals surface area contributed by atoms with E-state index in [2.05, 4.69) is 0 Å². The van der Waals surface area contributed by atoms with E-state index in [1.807, 2.05) is 19.2 Å². The molecule has 0 saturated heterocycles. The zero-order valence-electron chi connectivity index (χ0n) is 12.8. The van der Waals surface area contributed by atoms with Crippen LogP contribution in [0.15, 0.2) is 10.3 Å². The van der Waals surface area contributed by atoms with Gasteiger partial charge in [0.2, 0.25) is 10.0 Å². The maximum absolute atomic E-state index is 13.1. The van der Waals surface area contributed by atoms with Crippen LogP contribution in [0.3, 0.4) is 0 Å². The number of ether oxygens (including phenoxy) is 1. The van der Waals surface area contributed by atoms with Crippen molar-refractivity contribution >= 4 is 21.4 Å². The minimum Gasteiger partial charge on any atom is -0.383 e. The average Bonchev–Trinajstić information content (AvgIpc) is 3.21. The number of thiophene rings is 1. The summed E-state index contributed by atoms with van der Waals surface area (Å²) in [6.45, 7) is 4.86. The van der Waals surface area contributed by atoms with Crippen molar-refractivity contribution in [2.75, 3.05) is 20.3 Å². The van der Waals surface area contributed by atoms with Crippen LogP contribution in [0.25, 0.3) is 0 Å². The van der Waals surface area contributed by atoms with Gasteiger partial charge in [-0.15, -0.1) is 11.3 Å². The molecule has 1 fully saturated rings. The molecule has 2 rings (SSSR count). The Morgan fingerprint density at radius 3 is 2.71 bits per heavy atom. The monoisotopic (exact) mass is 332 g/mol. The van der Waals surface area contributed by atoms with Gasteiger partial charge in [0.05, 0.1) is 6.61 Å². The van der Waals surface area contributed by atoms with Crippen LogP contribution < -0.4 is 5.73 Å². The van der Waals surface area contributed by atoms with E-state index >= 15 is 0 Å². The standard InChI is InChI=1S/C14H24N2O3S2/c1-10-9-20-13(8-15)14(10)21(17,18)16(6-7-19-3)11(2)12-4-5-12/h9,11-12H,4-8,15H2,1-3H3. The zero-order valence-corrected chi connectivity index (χ0v) is 14.5. The van der Waals surface area contributed by atoms with Crippen molar-refractivity contribution in [2.24, 2.45) is 11.7 Å². The van der Waals surface area contributed by atoms with Gasteiger partial charge >= 0.3 is 0 Å². The number of rotatable bonds is 8. The van der Waals surface area contributed by atoms with E-state index < -0.39 is 10.0 Å². The Morgan fingerprint density at radius 2 is 2.19 bits per heavy atom. The fourth-order valence-corrected chi connectivity index (χ4v) is 5.96. The SMILES string of the molecule is COCCN(C(C)C1CC1)S(=O)(=O)c1c(C)csc1CN. The number of hydrogen-bond donors (Lipinski definition) is 1. The Hall–Kier alpha value is -0.470. The molecule has 5 nitrogen and oxygen atoms in total. The first-order valence-electron chi connectivity index (χ1n) is 7.21. The molecule has 1 aliphatic carbocycles. The normalized spacial score (nSPS) is 17.4. The van der Waals surface area contributed by atoms with Crippen molar-refractivity contribution in [2.45, 2.75) is 44.2 Å². The number of methoxy groups -OCH3 is 1. The number of aryl methyl sites for hydroxylation is 1. The summed E-state index contributed by atoms with van der Waals surface area (Å²) in [6, 6.07) is 0.00933. The van der Waals surface area contributed by atoms with Crippen LogP contribution in [0.2, 0.25) is 0 Å². The molecule has 0 aromatic carbocycles. The van der Waals surface area contributed by atoms with Gasteiger partial charge in [-0.1, -0.05) is 0 Å². The molecule has 0 aliphatic heterocycles. The second-order valence-electron chi connectivity index (χ2n) is 5.56. The van der Waals surface area contributed by atoms with Gasteiger partial charge in [-0.25, -0.2) is 8.42 Å². The quantitative estimate of drug-likeness (QED) is 0.790. The molecule has 1 saturated carbocycles. The van der Waals surface area contributed by atoms with E-state index in [4.69, 9.17) is 10.5 Å². The molecule has 1 aliphatic rings. The fourth-order valence-electron chi connectivity index (χ4n) is 2.63. The molecule has 0 spiro atoms. The zero-order chi connectivity index (χ0) is 15.6. The van der Waals surface area contributed by atoms with E-state index in [0.717, 1.165) is 23.3 Å². The Bertz CT molecular complexity index is 579. The maximum atomic E-state index is 13.1. The first-order valence-corrected chi connectivity index (χ1v) is 9.53. The Morgan fingerprint density at radius 1 is 1.52 bits per heavy atom. The third kappa shape index (κ3) is 3.48. The van der Waals surface area contributed by atoms with Crippen LogP contribution in [0.1, 0.15) is 30.2 Å². The predicted octanol–water partition coefficient (Wildman–Crippen LogP) is 1.95. The van der Waals surface area contributed by atoms with Gasteiger partial charge in [-0.3, -0.25) is 0 Å². The number of nitrogens with two attached hydrogens (primary N) is 1. The van der Waals surface area contributed by atoms with E-state index in [9.17, 15) is 8.42 Å². The number of sulfonamides is 1. The average molecular weight is 332 g/mol. The fraction of sp³-hybridized carbons (Fsp3) is 0.714. The highest BCUT2D eigenvalue weighted by Gasteiger charge is 2.39. The molecule has 7 heteroatoms. The highest BCUT2D eigenvalue weighted by atomic mass is 32.2. The second kappa shape index (κ2) is 6.75. The third-order valence-electron chi connectivity index (χ3n) is 4.02. The summed E-state index contributed by atoms with van der Waals surface area (Å²) in [7, 11) is -1.93. The molecule has 1 unspecified atom stereocenters. The Balaban J connectivity index is 2.38. The smallest absolute Gasteiger partial charge is 0.244 e. The molecule has 0 bridgehead atoms. The lowest BCUT2D eigenvalue weighted by Crippen LogP contribution is -2.42. The third-order valence-corrected chi connectivity index (χ3v) is 7.49. The summed E-state index contributed by atoms with van der Waals surface area (Å²) in [6.07, 6.45) is 2.21. The number of nitrogens with zero attached hydrogens (tertiary/aromatic N) is 1. The van der Waals surface area contributed by atoms with Crippen molar-refractivity contribution in [3.8, 4) is 0 Å². The molecule has 0 radical (unpaired) electrons. The highest BCUT2D eigenvalue weighted by Crippen LogP contribution is 2.38. The predicted molar refractivity (Wildman–Crippen MR) is 84.9 cm³/mol. The van der Waals surface area contributed by atoms with Gasteiger partial charge < -0.3 is 10.5 Å². The minimum absolute atomic E-state index is 0.00933. The van der Waals surface area contributed by atoms with Gasteiger partial charge in [0.1, 0.15) is 4.90 Å². The molecule has 1 atom stereocenters. The van der Waals surface area contributed by atoms with Crippen LogP contribution in [-0.2, 0) is 21.3 Å². The van der Waals surface area contributed by atoms with Crippen LogP contribution in [0.4, 0.5) is 0 Å². The lowest BCUT2D eigenvalue weighted by Gasteiger charge is -2.28. The first-order chi connectivity index (χ1) is 9.93. The molecule has 1 heterocycles. The molecule has 2 N–H and O–H groups in total. The van der Waals surface area contributed by atoms with Crippen molar-refractivity contribution in [3.05, 3.63) is 15.8 Å². The van der Waals surface area contributed by atoms with Crippen LogP contribution >= 0.6 is 11.3 Å². The van der Waals surface area contributed by atoms with Gasteiger partial charge in [0.25, 0.3) is 0 Å². The van der Waals surface area contributed by atoms with Crippen molar-refractivity contribution in [3.63, 3.8) is 0 Å². The van der Waals surface area contributed by atoms with E-state index in [1.165, 1.54) is 11.3 Å². The van der Waals surface area contributed by atoms with Crippen molar-refractivity contribution < 1.29 is 13.2 Å². The summed E-state index contributed by atoms with van der Waals surface area (Å²) in [4.78, 5) is 1.14. The topological polar surface area (TPSA) is 72.6 Å². The van der Waals surface area contributed by atoms with Gasteiger partial charge in [-0.2, -0.15) is 4.31 Å². The molecular weight excluding hydrogens is 308 g/mol. The minimum atomic E-state index is -3.52. The van der Waals surface area contributed by atoms with Crippen LogP contribution in [0, 0.1) is 12.8 Å². The largest absolute Gasteiger partial charge is 0.383 e. The van der Waals surface area contributed by atoms with Crippen molar-refractivity contribution in [1.29, 1.82) is 0 Å². The summed E-state index contributed by atoms with van der Waals surface area (Å²) in [5, 5.41) is 1.87. The summed E-state index contributed by atoms with van der Waals surface area (Å²) in [5.41, 5.74) is 6.50. The summed E-state index contributed by atoms with van der Waals surface area (Å²) in [5.74, 6) is 0.469. The Kier molecular flexibility index (Phi) is 5.43. The van der Waals surface area contributed by atoms with Gasteiger partial charge in [0.15, 0.2) is 0 Å². The Labute approximate surface area is 131 Å². The van der Waals surface area contributed by atoms with Crippen molar-refractivity contribution in [1.82, 2.24) is 4.31 Å². The van der Waals surface area contributed by atoms with E-state index in [0.29, 0.717) is 24.0 Å². The van der Waals surface area contributed by atoms with Gasteiger partial charge in [-0.05, 0) is 43.6 Å². The molecular formula is C14H24N2O3S2. The molecule has 1 aromatic heterocycles. The molecule has 120 valence electrons. The molecule has 1 aromatic rings. The maximum Gasteiger partial charge on any atom is 0.244 e. The lowest BCUT2D eigenvalue weighted by molar-refractivity contribution is 0.164. The molecule has 0 amide bonds. The van der Waals surface area contributed by atoms with E-state index in [1.54, 1.807) is 11.4 Å². The second-order valence-corrected chi connectivity index (χ2v) is 8.35. The highest BCUT2D eigenvalue weighted by molar-refractivity contribution is 7.89. The lowest BCUT2D eigenvalue weighted by atomic mass is 10.2. The first kappa shape index (κ1) is 16.9. The molecule has 21 heavy (non-hydrogen) atoms. The number of hydrogen-bond acceptors (Lipinski definition) is 5. The summed E-state index contributed by atoms with van der Waals surface area (Å²) >= 11 is 1.42. The van der Waals surface area contributed by atoms with Gasteiger partial charge in [0, 0.05) is 31.1 Å². The summed E-state index contributed by atoms with van der Waals surface area (Å²) < 4.78 is 32.9.